The van der Waals surface area contributed by atoms with E-state index in [1.165, 1.54) is 12.1 Å². The first-order valence-corrected chi connectivity index (χ1v) is 4.28. The molecule has 0 bridgehead atoms. The van der Waals surface area contributed by atoms with Gasteiger partial charge in [-0.25, -0.2) is 9.78 Å². The molecule has 82 valence electrons. The molecular weight excluding hydrogens is 214 g/mol. The Morgan fingerprint density at radius 1 is 1.12 bits per heavy atom. The van der Waals surface area contributed by atoms with Crippen LogP contribution in [-0.4, -0.2) is 31.4 Å². The summed E-state index contributed by atoms with van der Waals surface area (Å²) < 4.78 is 0. The molecule has 0 saturated heterocycles. The lowest BCUT2D eigenvalue weighted by molar-refractivity contribution is 0.0691. The van der Waals surface area contributed by atoms with Crippen LogP contribution < -0.4 is 0 Å². The normalized spacial score (nSPS) is 10.5. The first kappa shape index (κ1) is 10.0. The van der Waals surface area contributed by atoms with Crippen molar-refractivity contribution in [1.82, 2.24) is 4.98 Å². The van der Waals surface area contributed by atoms with Crippen LogP contribution in [0.3, 0.4) is 0 Å². The van der Waals surface area contributed by atoms with Crippen molar-refractivity contribution in [3.05, 3.63) is 23.9 Å². The first-order valence-electron chi connectivity index (χ1n) is 4.28. The van der Waals surface area contributed by atoms with Gasteiger partial charge in [-0.1, -0.05) is 0 Å². The molecule has 0 radical (unpaired) electrons. The van der Waals surface area contributed by atoms with Crippen LogP contribution in [0.4, 0.5) is 0 Å². The SMILES string of the molecule is O=C(O)c1ccc2c(O)cc(O)c(O)c2n1. The number of nitrogens with zero attached hydrogens (tertiary/aromatic N) is 1. The maximum atomic E-state index is 10.7. The number of carbonyl (C=O) groups is 1. The van der Waals surface area contributed by atoms with E-state index in [2.05, 4.69) is 4.98 Å². The quantitative estimate of drug-likeness (QED) is 0.423. The summed E-state index contributed by atoms with van der Waals surface area (Å²) in [5, 5.41) is 37.0. The van der Waals surface area contributed by atoms with Crippen LogP contribution in [0.1, 0.15) is 10.5 Å². The number of benzene rings is 1. The van der Waals surface area contributed by atoms with Crippen LogP contribution in [0, 0.1) is 0 Å². The molecular formula is C10H7NO5. The minimum absolute atomic E-state index is 0.155. The zero-order valence-electron chi connectivity index (χ0n) is 7.88. The smallest absolute Gasteiger partial charge is 0.354 e. The summed E-state index contributed by atoms with van der Waals surface area (Å²) in [4.78, 5) is 14.3. The van der Waals surface area contributed by atoms with Crippen molar-refractivity contribution in [3.8, 4) is 17.2 Å². The Balaban J connectivity index is 2.86. The summed E-state index contributed by atoms with van der Waals surface area (Å²) in [5.74, 6) is -2.66. The molecule has 1 heterocycles. The zero-order chi connectivity index (χ0) is 11.9. The molecule has 0 unspecified atom stereocenters. The van der Waals surface area contributed by atoms with Crippen molar-refractivity contribution in [2.45, 2.75) is 0 Å². The molecule has 6 heteroatoms. The molecule has 0 spiro atoms. The first-order chi connectivity index (χ1) is 7.50. The monoisotopic (exact) mass is 221 g/mol. The van der Waals surface area contributed by atoms with Gasteiger partial charge in [-0.05, 0) is 12.1 Å². The van der Waals surface area contributed by atoms with Gasteiger partial charge in [-0.15, -0.1) is 0 Å². The molecule has 0 aliphatic carbocycles. The summed E-state index contributed by atoms with van der Waals surface area (Å²) >= 11 is 0. The second kappa shape index (κ2) is 3.27. The summed E-state index contributed by atoms with van der Waals surface area (Å²) in [6.07, 6.45) is 0. The predicted octanol–water partition coefficient (Wildman–Crippen LogP) is 1.05. The molecule has 16 heavy (non-hydrogen) atoms. The number of aromatic hydroxyl groups is 3. The Hall–Kier alpha value is -2.50. The summed E-state index contributed by atoms with van der Waals surface area (Å²) in [6, 6.07) is 3.46. The number of carboxylic acids is 1. The number of aromatic nitrogens is 1. The van der Waals surface area contributed by atoms with Crippen molar-refractivity contribution in [3.63, 3.8) is 0 Å². The minimum atomic E-state index is -1.26. The molecule has 0 amide bonds. The van der Waals surface area contributed by atoms with Crippen LogP contribution >= 0.6 is 0 Å². The van der Waals surface area contributed by atoms with Gasteiger partial charge < -0.3 is 20.4 Å². The summed E-state index contributed by atoms with van der Waals surface area (Å²) in [6.45, 7) is 0. The molecule has 0 saturated carbocycles. The maximum absolute atomic E-state index is 10.7. The molecule has 0 aliphatic rings. The Kier molecular flexibility index (Phi) is 2.05. The average molecular weight is 221 g/mol. The van der Waals surface area contributed by atoms with Gasteiger partial charge in [0.05, 0.1) is 0 Å². The lowest BCUT2D eigenvalue weighted by atomic mass is 10.1. The molecule has 0 fully saturated rings. The number of fused-ring (bicyclic) bond motifs is 1. The molecule has 0 aliphatic heterocycles. The number of pyridine rings is 1. The molecule has 2 rings (SSSR count). The number of aromatic carboxylic acids is 1. The van der Waals surface area contributed by atoms with E-state index in [1.807, 2.05) is 0 Å². The second-order valence-electron chi connectivity index (χ2n) is 3.16. The number of phenolic OH excluding ortho intramolecular Hbond substituents is 3. The van der Waals surface area contributed by atoms with Gasteiger partial charge in [-0.3, -0.25) is 0 Å². The van der Waals surface area contributed by atoms with Crippen LogP contribution in [0.5, 0.6) is 17.2 Å². The fraction of sp³-hybridized carbons (Fsp3) is 0. The minimum Gasteiger partial charge on any atom is -0.507 e. The lowest BCUT2D eigenvalue weighted by Gasteiger charge is -2.05. The van der Waals surface area contributed by atoms with E-state index in [4.69, 9.17) is 5.11 Å². The van der Waals surface area contributed by atoms with Gasteiger partial charge in [0.15, 0.2) is 11.5 Å². The van der Waals surface area contributed by atoms with Crippen LogP contribution in [0.15, 0.2) is 18.2 Å². The van der Waals surface area contributed by atoms with E-state index in [-0.39, 0.29) is 22.3 Å². The van der Waals surface area contributed by atoms with Gasteiger partial charge in [0.1, 0.15) is 17.0 Å². The highest BCUT2D eigenvalue weighted by Gasteiger charge is 2.14. The van der Waals surface area contributed by atoms with Crippen molar-refractivity contribution in [2.75, 3.05) is 0 Å². The Morgan fingerprint density at radius 3 is 2.44 bits per heavy atom. The molecule has 0 atom stereocenters. The van der Waals surface area contributed by atoms with Gasteiger partial charge in [0, 0.05) is 11.5 Å². The van der Waals surface area contributed by atoms with Crippen molar-refractivity contribution < 1.29 is 25.2 Å². The Bertz CT molecular complexity index is 593. The van der Waals surface area contributed by atoms with E-state index in [0.717, 1.165) is 6.07 Å². The largest absolute Gasteiger partial charge is 0.507 e. The fourth-order valence-corrected chi connectivity index (χ4v) is 1.36. The molecule has 1 aromatic heterocycles. The van der Waals surface area contributed by atoms with Gasteiger partial charge >= 0.3 is 5.97 Å². The standard InChI is InChI=1S/C10H7NO5/c12-6-3-7(13)9(14)8-4(6)1-2-5(11-8)10(15)16/h1-3,12-14H,(H,15,16). The number of carboxylic acid groups (broad SMARTS) is 1. The molecule has 1 aromatic carbocycles. The molecule has 4 N–H and O–H groups in total. The van der Waals surface area contributed by atoms with Gasteiger partial charge in [-0.2, -0.15) is 0 Å². The Morgan fingerprint density at radius 2 is 1.81 bits per heavy atom. The van der Waals surface area contributed by atoms with Crippen molar-refractivity contribution >= 4 is 16.9 Å². The van der Waals surface area contributed by atoms with Crippen molar-refractivity contribution in [2.24, 2.45) is 0 Å². The predicted molar refractivity (Wildman–Crippen MR) is 53.7 cm³/mol. The average Bonchev–Trinajstić information content (AvgIpc) is 2.25. The third-order valence-corrected chi connectivity index (χ3v) is 2.13. The maximum Gasteiger partial charge on any atom is 0.354 e. The van der Waals surface area contributed by atoms with E-state index in [1.54, 1.807) is 0 Å². The van der Waals surface area contributed by atoms with Crippen LogP contribution in [0.25, 0.3) is 10.9 Å². The van der Waals surface area contributed by atoms with Gasteiger partial charge in [0.2, 0.25) is 0 Å². The second-order valence-corrected chi connectivity index (χ2v) is 3.16. The Labute approximate surface area is 89.0 Å². The number of phenols is 3. The lowest BCUT2D eigenvalue weighted by Crippen LogP contribution is -1.99. The number of hydrogen-bond acceptors (Lipinski definition) is 5. The highest BCUT2D eigenvalue weighted by molar-refractivity contribution is 5.95. The number of rotatable bonds is 1. The highest BCUT2D eigenvalue weighted by Crippen LogP contribution is 2.38. The van der Waals surface area contributed by atoms with Crippen molar-refractivity contribution in [1.29, 1.82) is 0 Å². The summed E-state index contributed by atoms with van der Waals surface area (Å²) in [5.41, 5.74) is -0.440. The molecule has 2 aromatic rings. The number of hydrogen-bond donors (Lipinski definition) is 4. The molecule has 6 nitrogen and oxygen atoms in total. The van der Waals surface area contributed by atoms with E-state index in [0.29, 0.717) is 0 Å². The third-order valence-electron chi connectivity index (χ3n) is 2.13. The fourth-order valence-electron chi connectivity index (χ4n) is 1.36. The van der Waals surface area contributed by atoms with Crippen LogP contribution in [0.2, 0.25) is 0 Å². The highest BCUT2D eigenvalue weighted by atomic mass is 16.4. The zero-order valence-corrected chi connectivity index (χ0v) is 7.88. The van der Waals surface area contributed by atoms with E-state index < -0.39 is 17.5 Å². The van der Waals surface area contributed by atoms with Crippen LogP contribution in [-0.2, 0) is 0 Å². The van der Waals surface area contributed by atoms with E-state index >= 15 is 0 Å². The topological polar surface area (TPSA) is 111 Å². The third kappa shape index (κ3) is 1.36. The van der Waals surface area contributed by atoms with E-state index in [9.17, 15) is 20.1 Å². The summed E-state index contributed by atoms with van der Waals surface area (Å²) in [7, 11) is 0. The van der Waals surface area contributed by atoms with Gasteiger partial charge in [0.25, 0.3) is 0 Å².